The number of hydrogen-bond donors (Lipinski definition) is 2. The molecule has 0 spiro atoms. The molecule has 2 N–H and O–H groups in total. The summed E-state index contributed by atoms with van der Waals surface area (Å²) in [6.45, 7) is 2.12. The summed E-state index contributed by atoms with van der Waals surface area (Å²) in [6, 6.07) is 5.32. The van der Waals surface area contributed by atoms with E-state index in [1.54, 1.807) is 39.3 Å². The molecule has 0 atom stereocenters. The van der Waals surface area contributed by atoms with Gasteiger partial charge < -0.3 is 24.8 Å². The first-order valence-electron chi connectivity index (χ1n) is 9.64. The first-order valence-corrected chi connectivity index (χ1v) is 10.5. The minimum Gasteiger partial charge on any atom is -0.497 e. The average Bonchev–Trinajstić information content (AvgIpc) is 3.10. The zero-order chi connectivity index (χ0) is 20.8. The van der Waals surface area contributed by atoms with E-state index in [1.807, 2.05) is 0 Å². The normalized spacial score (nSPS) is 12.7. The molecule has 3 rings (SSSR count). The van der Waals surface area contributed by atoms with E-state index in [0.29, 0.717) is 34.4 Å². The van der Waals surface area contributed by atoms with Gasteiger partial charge in [-0.05, 0) is 50.3 Å². The lowest BCUT2D eigenvalue weighted by Gasteiger charge is -2.13. The van der Waals surface area contributed by atoms with Crippen LogP contribution in [-0.4, -0.2) is 39.2 Å². The highest BCUT2D eigenvalue weighted by Crippen LogP contribution is 2.38. The lowest BCUT2D eigenvalue weighted by molar-refractivity contribution is -0.114. The molecule has 0 bridgehead atoms. The number of thiophene rings is 1. The fourth-order valence-electron chi connectivity index (χ4n) is 3.36. The highest BCUT2D eigenvalue weighted by Gasteiger charge is 2.27. The van der Waals surface area contributed by atoms with Crippen LogP contribution in [-0.2, 0) is 22.4 Å². The van der Waals surface area contributed by atoms with Gasteiger partial charge in [0.15, 0.2) is 0 Å². The Kier molecular flexibility index (Phi) is 6.98. The van der Waals surface area contributed by atoms with Gasteiger partial charge in [-0.2, -0.15) is 0 Å². The molecule has 7 nitrogen and oxygen atoms in total. The van der Waals surface area contributed by atoms with Crippen molar-refractivity contribution in [2.75, 3.05) is 38.0 Å². The van der Waals surface area contributed by atoms with E-state index in [1.165, 1.54) is 16.2 Å². The molecule has 0 saturated carbocycles. The lowest BCUT2D eigenvalue weighted by atomic mass is 9.95. The number of carbonyl (C=O) groups excluding carboxylic acids is 2. The first-order chi connectivity index (χ1) is 14.1. The van der Waals surface area contributed by atoms with Crippen molar-refractivity contribution < 1.29 is 23.8 Å². The van der Waals surface area contributed by atoms with Gasteiger partial charge in [-0.3, -0.25) is 4.79 Å². The van der Waals surface area contributed by atoms with Gasteiger partial charge in [0.05, 0.1) is 38.6 Å². The third kappa shape index (κ3) is 4.82. The van der Waals surface area contributed by atoms with Crippen molar-refractivity contribution in [1.82, 2.24) is 0 Å². The standard InChI is InChI=1S/C21H26N2O5S/c1-4-28-21(25)19-14-7-5-6-8-17(14)29-20(19)23-18(24)12-22-15-10-9-13(26-2)11-16(15)27-3/h9-11,22H,4-8,12H2,1-3H3,(H,23,24). The molecule has 156 valence electrons. The average molecular weight is 419 g/mol. The Morgan fingerprint density at radius 3 is 2.66 bits per heavy atom. The van der Waals surface area contributed by atoms with Crippen LogP contribution >= 0.6 is 11.3 Å². The zero-order valence-corrected chi connectivity index (χ0v) is 17.7. The van der Waals surface area contributed by atoms with Gasteiger partial charge in [0, 0.05) is 10.9 Å². The molecule has 0 radical (unpaired) electrons. The number of esters is 1. The Morgan fingerprint density at radius 2 is 1.93 bits per heavy atom. The Morgan fingerprint density at radius 1 is 1.14 bits per heavy atom. The fraction of sp³-hybridized carbons (Fsp3) is 0.429. The Labute approximate surface area is 174 Å². The topological polar surface area (TPSA) is 85.9 Å². The van der Waals surface area contributed by atoms with E-state index in [2.05, 4.69) is 10.6 Å². The second-order valence-corrected chi connectivity index (χ2v) is 7.71. The van der Waals surface area contributed by atoms with Crippen LogP contribution in [0.15, 0.2) is 18.2 Å². The van der Waals surface area contributed by atoms with Gasteiger partial charge in [0.2, 0.25) is 5.91 Å². The summed E-state index contributed by atoms with van der Waals surface area (Å²) in [4.78, 5) is 26.2. The van der Waals surface area contributed by atoms with Crippen molar-refractivity contribution in [2.45, 2.75) is 32.6 Å². The van der Waals surface area contributed by atoms with E-state index < -0.39 is 0 Å². The molecule has 1 amide bonds. The first kappa shape index (κ1) is 21.0. The van der Waals surface area contributed by atoms with E-state index in [-0.39, 0.29) is 18.4 Å². The van der Waals surface area contributed by atoms with Crippen LogP contribution in [0, 0.1) is 0 Å². The van der Waals surface area contributed by atoms with Crippen molar-refractivity contribution >= 4 is 33.9 Å². The molecule has 0 unspecified atom stereocenters. The zero-order valence-electron chi connectivity index (χ0n) is 16.9. The van der Waals surface area contributed by atoms with Crippen LogP contribution in [0.5, 0.6) is 11.5 Å². The van der Waals surface area contributed by atoms with Crippen LogP contribution in [0.4, 0.5) is 10.7 Å². The minimum absolute atomic E-state index is 0.0352. The fourth-order valence-corrected chi connectivity index (χ4v) is 4.66. The highest BCUT2D eigenvalue weighted by molar-refractivity contribution is 7.17. The van der Waals surface area contributed by atoms with Gasteiger partial charge in [-0.15, -0.1) is 11.3 Å². The van der Waals surface area contributed by atoms with Crippen LogP contribution in [0.3, 0.4) is 0 Å². The molecular formula is C21H26N2O5S. The van der Waals surface area contributed by atoms with E-state index in [9.17, 15) is 9.59 Å². The molecule has 1 aromatic heterocycles. The largest absolute Gasteiger partial charge is 0.497 e. The maximum Gasteiger partial charge on any atom is 0.341 e. The van der Waals surface area contributed by atoms with Gasteiger partial charge in [-0.1, -0.05) is 0 Å². The van der Waals surface area contributed by atoms with Gasteiger partial charge >= 0.3 is 5.97 Å². The summed E-state index contributed by atoms with van der Waals surface area (Å²) in [6.07, 6.45) is 3.92. The second-order valence-electron chi connectivity index (χ2n) is 6.60. The maximum absolute atomic E-state index is 12.6. The van der Waals surface area contributed by atoms with Crippen LogP contribution in [0.2, 0.25) is 0 Å². The summed E-state index contributed by atoms with van der Waals surface area (Å²) < 4.78 is 15.7. The van der Waals surface area contributed by atoms with Crippen molar-refractivity contribution in [2.24, 2.45) is 0 Å². The van der Waals surface area contributed by atoms with Crippen molar-refractivity contribution in [1.29, 1.82) is 0 Å². The van der Waals surface area contributed by atoms with E-state index >= 15 is 0 Å². The molecule has 0 saturated heterocycles. The molecule has 0 aliphatic heterocycles. The van der Waals surface area contributed by atoms with E-state index in [4.69, 9.17) is 14.2 Å². The predicted octanol–water partition coefficient (Wildman–Crippen LogP) is 3.87. The summed E-state index contributed by atoms with van der Waals surface area (Å²) in [5.41, 5.74) is 2.22. The number of fused-ring (bicyclic) bond motifs is 1. The van der Waals surface area contributed by atoms with Gasteiger partial charge in [-0.25, -0.2) is 4.79 Å². The van der Waals surface area contributed by atoms with Gasteiger partial charge in [0.25, 0.3) is 0 Å². The van der Waals surface area contributed by atoms with Gasteiger partial charge in [0.1, 0.15) is 16.5 Å². The molecule has 29 heavy (non-hydrogen) atoms. The number of ether oxygens (including phenoxy) is 3. The van der Waals surface area contributed by atoms with Crippen LogP contribution in [0.25, 0.3) is 0 Å². The molecule has 1 aromatic carbocycles. The number of aryl methyl sites for hydroxylation is 1. The monoisotopic (exact) mass is 418 g/mol. The maximum atomic E-state index is 12.6. The molecule has 1 aliphatic rings. The Balaban J connectivity index is 1.72. The van der Waals surface area contributed by atoms with Crippen molar-refractivity contribution in [3.05, 3.63) is 34.2 Å². The molecule has 1 heterocycles. The molecule has 2 aromatic rings. The molecule has 0 fully saturated rings. The molecular weight excluding hydrogens is 392 g/mol. The lowest BCUT2D eigenvalue weighted by Crippen LogP contribution is -2.23. The summed E-state index contributed by atoms with van der Waals surface area (Å²) in [5.74, 6) is 0.634. The highest BCUT2D eigenvalue weighted by atomic mass is 32.1. The SMILES string of the molecule is CCOC(=O)c1c(NC(=O)CNc2ccc(OC)cc2OC)sc2c1CCCC2. The van der Waals surface area contributed by atoms with Crippen LogP contribution < -0.4 is 20.1 Å². The number of methoxy groups -OCH3 is 2. The summed E-state index contributed by atoms with van der Waals surface area (Å²) >= 11 is 1.48. The number of rotatable bonds is 8. The second kappa shape index (κ2) is 9.65. The number of carbonyl (C=O) groups is 2. The summed E-state index contributed by atoms with van der Waals surface area (Å²) in [5, 5.41) is 6.53. The van der Waals surface area contributed by atoms with Crippen LogP contribution in [0.1, 0.15) is 40.6 Å². The molecule has 8 heteroatoms. The number of anilines is 2. The quantitative estimate of drug-likeness (QED) is 0.633. The van der Waals surface area contributed by atoms with Crippen molar-refractivity contribution in [3.8, 4) is 11.5 Å². The number of hydrogen-bond acceptors (Lipinski definition) is 7. The number of benzene rings is 1. The smallest absolute Gasteiger partial charge is 0.341 e. The Hall–Kier alpha value is -2.74. The third-order valence-corrected chi connectivity index (χ3v) is 5.96. The molecule has 1 aliphatic carbocycles. The minimum atomic E-state index is -0.369. The summed E-state index contributed by atoms with van der Waals surface area (Å²) in [7, 11) is 3.14. The van der Waals surface area contributed by atoms with E-state index in [0.717, 1.165) is 31.2 Å². The Bertz CT molecular complexity index is 893. The number of nitrogens with one attached hydrogen (secondary N) is 2. The number of amides is 1. The predicted molar refractivity (Wildman–Crippen MR) is 114 cm³/mol. The van der Waals surface area contributed by atoms with Crippen molar-refractivity contribution in [3.63, 3.8) is 0 Å². The third-order valence-electron chi connectivity index (χ3n) is 4.75.